The van der Waals surface area contributed by atoms with E-state index < -0.39 is 5.97 Å². The molecule has 0 heterocycles. The largest absolute Gasteiger partial charge is 0.422 e. The van der Waals surface area contributed by atoms with Crippen LogP contribution in [0.1, 0.15) is 41.6 Å². The zero-order chi connectivity index (χ0) is 18.5. The van der Waals surface area contributed by atoms with Gasteiger partial charge in [0.15, 0.2) is 0 Å². The van der Waals surface area contributed by atoms with Gasteiger partial charge in [-0.15, -0.1) is 0 Å². The Morgan fingerprint density at radius 1 is 1.15 bits per heavy atom. The number of halogens is 1. The highest BCUT2D eigenvalue weighted by Crippen LogP contribution is 2.38. The predicted molar refractivity (Wildman–Crippen MR) is 96.9 cm³/mol. The number of benzene rings is 2. The number of rotatable bonds is 6. The molecule has 0 fully saturated rings. The minimum atomic E-state index is -0.484. The van der Waals surface area contributed by atoms with Crippen LogP contribution in [-0.2, 0) is 4.79 Å². The maximum Gasteiger partial charge on any atom is 0.343 e. The average Bonchev–Trinajstić information content (AvgIpc) is 3.11. The van der Waals surface area contributed by atoms with Crippen molar-refractivity contribution in [1.82, 2.24) is 0 Å². The fraction of sp³-hybridized carbons (Fsp3) is 0.238. The van der Waals surface area contributed by atoms with Crippen molar-refractivity contribution >= 4 is 17.4 Å². The third-order valence-electron chi connectivity index (χ3n) is 4.48. The minimum absolute atomic E-state index is 0.221. The third-order valence-corrected chi connectivity index (χ3v) is 4.48. The molecule has 1 aliphatic rings. The highest BCUT2D eigenvalue weighted by Gasteiger charge is 2.21. The molecule has 3 rings (SSSR count). The summed E-state index contributed by atoms with van der Waals surface area (Å²) in [6.07, 6.45) is 4.63. The smallest absolute Gasteiger partial charge is 0.343 e. The van der Waals surface area contributed by atoms with Crippen LogP contribution in [0.25, 0.3) is 5.57 Å². The summed E-state index contributed by atoms with van der Waals surface area (Å²) in [5, 5.41) is 0. The Bertz CT molecular complexity index is 846. The molecule has 0 bridgehead atoms. The van der Waals surface area contributed by atoms with E-state index in [1.165, 1.54) is 18.2 Å². The van der Waals surface area contributed by atoms with Crippen LogP contribution in [0.4, 0.5) is 4.39 Å². The first-order valence-corrected chi connectivity index (χ1v) is 8.59. The van der Waals surface area contributed by atoms with Crippen LogP contribution in [-0.4, -0.2) is 11.9 Å². The van der Waals surface area contributed by atoms with Crippen molar-refractivity contribution in [2.75, 3.05) is 0 Å². The molecule has 0 spiro atoms. The van der Waals surface area contributed by atoms with Gasteiger partial charge in [0.25, 0.3) is 0 Å². The van der Waals surface area contributed by atoms with Crippen molar-refractivity contribution in [3.63, 3.8) is 0 Å². The van der Waals surface area contributed by atoms with E-state index >= 15 is 0 Å². The molecule has 1 unspecified atom stereocenters. The number of nitrogens with two attached hydrogens (primary N) is 1. The first-order valence-electron chi connectivity index (χ1n) is 8.59. The summed E-state index contributed by atoms with van der Waals surface area (Å²) in [6.45, 7) is 0. The maximum absolute atomic E-state index is 13.8. The molecule has 0 radical (unpaired) electrons. The number of esters is 1. The van der Waals surface area contributed by atoms with Gasteiger partial charge in [0.2, 0.25) is 5.91 Å². The lowest BCUT2D eigenvalue weighted by molar-refractivity contribution is -0.118. The zero-order valence-corrected chi connectivity index (χ0v) is 14.3. The number of amides is 1. The Morgan fingerprint density at radius 2 is 1.92 bits per heavy atom. The Morgan fingerprint density at radius 3 is 2.65 bits per heavy atom. The summed E-state index contributed by atoms with van der Waals surface area (Å²) < 4.78 is 19.3. The highest BCUT2D eigenvalue weighted by molar-refractivity contribution is 5.91. The van der Waals surface area contributed by atoms with Crippen molar-refractivity contribution in [1.29, 1.82) is 0 Å². The summed E-state index contributed by atoms with van der Waals surface area (Å²) in [5.41, 5.74) is 7.14. The summed E-state index contributed by atoms with van der Waals surface area (Å²) in [7, 11) is 0. The lowest BCUT2D eigenvalue weighted by Crippen LogP contribution is -2.11. The molecule has 1 amide bonds. The quantitative estimate of drug-likeness (QED) is 0.628. The summed E-state index contributed by atoms with van der Waals surface area (Å²) >= 11 is 0. The Hall–Kier alpha value is -2.95. The van der Waals surface area contributed by atoms with Crippen molar-refractivity contribution in [2.24, 2.45) is 11.7 Å². The number of hydrogen-bond acceptors (Lipinski definition) is 3. The van der Waals surface area contributed by atoms with Gasteiger partial charge in [-0.05, 0) is 61.1 Å². The van der Waals surface area contributed by atoms with Gasteiger partial charge >= 0.3 is 5.97 Å². The monoisotopic (exact) mass is 353 g/mol. The van der Waals surface area contributed by atoms with E-state index in [-0.39, 0.29) is 17.6 Å². The second-order valence-electron chi connectivity index (χ2n) is 6.39. The lowest BCUT2D eigenvalue weighted by atomic mass is 10.0. The number of primary amides is 1. The molecule has 1 atom stereocenters. The summed E-state index contributed by atoms with van der Waals surface area (Å²) in [5.74, 6) is -0.640. The van der Waals surface area contributed by atoms with Gasteiger partial charge < -0.3 is 10.5 Å². The molecule has 0 saturated heterocycles. The van der Waals surface area contributed by atoms with E-state index in [1.807, 2.05) is 12.1 Å². The molecule has 2 aromatic carbocycles. The molecular weight excluding hydrogens is 333 g/mol. The van der Waals surface area contributed by atoms with Crippen LogP contribution in [0, 0.1) is 11.7 Å². The Balaban J connectivity index is 1.81. The number of allylic oxidation sites excluding steroid dienone is 2. The molecule has 0 saturated carbocycles. The normalized spacial score (nSPS) is 16.2. The summed E-state index contributed by atoms with van der Waals surface area (Å²) in [6, 6.07) is 12.8. The second kappa shape index (κ2) is 7.95. The fourth-order valence-corrected chi connectivity index (χ4v) is 3.15. The van der Waals surface area contributed by atoms with Crippen LogP contribution in [0.3, 0.4) is 0 Å². The van der Waals surface area contributed by atoms with Gasteiger partial charge in [-0.1, -0.05) is 24.3 Å². The number of carbonyl (C=O) groups is 2. The number of carbonyl (C=O) groups excluding carboxylic acids is 2. The van der Waals surface area contributed by atoms with Gasteiger partial charge in [0.1, 0.15) is 11.6 Å². The van der Waals surface area contributed by atoms with Crippen molar-refractivity contribution in [3.05, 3.63) is 71.6 Å². The lowest BCUT2D eigenvalue weighted by Gasteiger charge is -2.11. The van der Waals surface area contributed by atoms with Gasteiger partial charge in [-0.25, -0.2) is 9.18 Å². The molecule has 4 nitrogen and oxygen atoms in total. The number of hydrogen-bond donors (Lipinski definition) is 1. The van der Waals surface area contributed by atoms with Crippen molar-refractivity contribution in [3.8, 4) is 5.75 Å². The molecule has 1 aliphatic carbocycles. The minimum Gasteiger partial charge on any atom is -0.422 e. The van der Waals surface area contributed by atoms with Crippen molar-refractivity contribution in [2.45, 2.75) is 25.7 Å². The van der Waals surface area contributed by atoms with Gasteiger partial charge in [-0.2, -0.15) is 0 Å². The molecule has 0 aromatic heterocycles. The highest BCUT2D eigenvalue weighted by atomic mass is 19.1. The van der Waals surface area contributed by atoms with Gasteiger partial charge in [0.05, 0.1) is 5.56 Å². The van der Waals surface area contributed by atoms with Crippen LogP contribution < -0.4 is 10.5 Å². The molecular formula is C21H20FNO3. The standard InChI is InChI=1S/C21H20FNO3/c22-17-9-10-19(26-21(25)15-4-2-1-3-5-15)18(13-17)16-8-6-14(12-16)7-11-20(23)24/h1-5,9-10,12-14H,6-8,11H2,(H2,23,24). The molecule has 26 heavy (non-hydrogen) atoms. The predicted octanol–water partition coefficient (Wildman–Crippen LogP) is 4.10. The number of ether oxygens (including phenoxy) is 1. The molecule has 2 N–H and O–H groups in total. The second-order valence-corrected chi connectivity index (χ2v) is 6.39. The first kappa shape index (κ1) is 17.9. The summed E-state index contributed by atoms with van der Waals surface area (Å²) in [4.78, 5) is 23.3. The SMILES string of the molecule is NC(=O)CCC1C=C(c2cc(F)ccc2OC(=O)c2ccccc2)CC1. The fourth-order valence-electron chi connectivity index (χ4n) is 3.15. The molecule has 134 valence electrons. The van der Waals surface area contributed by atoms with E-state index in [2.05, 4.69) is 0 Å². The van der Waals surface area contributed by atoms with Gasteiger partial charge in [0, 0.05) is 12.0 Å². The van der Waals surface area contributed by atoms with E-state index in [1.54, 1.807) is 24.3 Å². The average molecular weight is 353 g/mol. The van der Waals surface area contributed by atoms with Crippen LogP contribution >= 0.6 is 0 Å². The zero-order valence-electron chi connectivity index (χ0n) is 14.3. The third kappa shape index (κ3) is 4.36. The maximum atomic E-state index is 13.8. The van der Waals surface area contributed by atoms with Crippen LogP contribution in [0.2, 0.25) is 0 Å². The molecule has 0 aliphatic heterocycles. The van der Waals surface area contributed by atoms with E-state index in [0.717, 1.165) is 18.4 Å². The van der Waals surface area contributed by atoms with E-state index in [0.29, 0.717) is 29.7 Å². The molecule has 2 aromatic rings. The first-order chi connectivity index (χ1) is 12.5. The Kier molecular flexibility index (Phi) is 5.46. The van der Waals surface area contributed by atoms with Crippen LogP contribution in [0.5, 0.6) is 5.75 Å². The van der Waals surface area contributed by atoms with Crippen LogP contribution in [0.15, 0.2) is 54.6 Å². The van der Waals surface area contributed by atoms with E-state index in [9.17, 15) is 14.0 Å². The van der Waals surface area contributed by atoms with Crippen molar-refractivity contribution < 1.29 is 18.7 Å². The van der Waals surface area contributed by atoms with E-state index in [4.69, 9.17) is 10.5 Å². The van der Waals surface area contributed by atoms with Gasteiger partial charge in [-0.3, -0.25) is 4.79 Å². The Labute approximate surface area is 151 Å². The molecule has 5 heteroatoms. The topological polar surface area (TPSA) is 69.4 Å².